The molecule has 24 heteroatoms. The SMILES string of the molecule is CC[C@H]1O[C@@H](n2cc(C)c(=O)[nH]c2=O)[C@@H](O[C@@H](C)[C@@H](C)OC)C1O.CC[C@H]1O[C@@H](n2cc(C)c(=O)[nH]c2=O)[C@@H](O[C@H](C)[C@H](C)OC)C1O.CC[C@H]1O[C@@H]2[C@H](Oc3nc(=O)c(C)cn32)C1O.CO[C@@H](C)[C@@H](C)O. The lowest BCUT2D eigenvalue weighted by atomic mass is 10.1. The van der Waals surface area contributed by atoms with Gasteiger partial charge in [-0.05, 0) is 81.6 Å². The Morgan fingerprint density at radius 2 is 0.944 bits per heavy atom. The lowest BCUT2D eigenvalue weighted by molar-refractivity contribution is -0.129. The zero-order chi connectivity index (χ0) is 54.0. The molecule has 408 valence electrons. The third-order valence-corrected chi connectivity index (χ3v) is 13.4. The summed E-state index contributed by atoms with van der Waals surface area (Å²) in [5, 5.41) is 39.7. The Kier molecular flexibility index (Phi) is 22.3. The molecule has 0 aliphatic carbocycles. The van der Waals surface area contributed by atoms with Crippen molar-refractivity contribution >= 4 is 0 Å². The smallest absolute Gasteiger partial charge is 0.330 e. The highest BCUT2D eigenvalue weighted by atomic mass is 16.6. The predicted molar refractivity (Wildman–Crippen MR) is 260 cm³/mol. The summed E-state index contributed by atoms with van der Waals surface area (Å²) in [6, 6.07) is 0.226. The summed E-state index contributed by atoms with van der Waals surface area (Å²) >= 11 is 0. The molecule has 0 amide bonds. The molecule has 7 heterocycles. The summed E-state index contributed by atoms with van der Waals surface area (Å²) in [6.07, 6.45) is -2.55. The second-order valence-electron chi connectivity index (χ2n) is 18.5. The first-order chi connectivity index (χ1) is 33.9. The minimum absolute atomic E-state index is 0.0417. The first kappa shape index (κ1) is 60.1. The molecule has 7 rings (SSSR count). The molecule has 0 radical (unpaired) electrons. The van der Waals surface area contributed by atoms with Crippen molar-refractivity contribution < 1.29 is 63.1 Å². The van der Waals surface area contributed by atoms with Gasteiger partial charge in [0, 0.05) is 56.6 Å². The Balaban J connectivity index is 0.000000222. The van der Waals surface area contributed by atoms with Gasteiger partial charge in [-0.25, -0.2) is 9.59 Å². The van der Waals surface area contributed by atoms with Gasteiger partial charge in [0.05, 0.1) is 54.9 Å². The van der Waals surface area contributed by atoms with Crippen LogP contribution in [0.15, 0.2) is 42.6 Å². The number of nitrogens with zero attached hydrogens (tertiary/aromatic N) is 4. The highest BCUT2D eigenvalue weighted by Gasteiger charge is 2.51. The van der Waals surface area contributed by atoms with E-state index in [2.05, 4.69) is 15.0 Å². The zero-order valence-corrected chi connectivity index (χ0v) is 44.0. The van der Waals surface area contributed by atoms with E-state index in [4.69, 9.17) is 47.7 Å². The highest BCUT2D eigenvalue weighted by molar-refractivity contribution is 5.15. The number of aliphatic hydroxyl groups excluding tert-OH is 4. The van der Waals surface area contributed by atoms with E-state index in [9.17, 15) is 39.3 Å². The van der Waals surface area contributed by atoms with Crippen LogP contribution in [0.25, 0.3) is 0 Å². The van der Waals surface area contributed by atoms with Gasteiger partial charge < -0.3 is 63.1 Å². The van der Waals surface area contributed by atoms with Crippen LogP contribution in [-0.2, 0) is 37.9 Å². The number of hydrogen-bond donors (Lipinski definition) is 6. The number of nitrogens with one attached hydrogen (secondary N) is 2. The minimum atomic E-state index is -0.884. The van der Waals surface area contributed by atoms with Gasteiger partial charge in [0.2, 0.25) is 0 Å². The molecule has 18 atom stereocenters. The van der Waals surface area contributed by atoms with Gasteiger partial charge in [0.15, 0.2) is 24.8 Å². The van der Waals surface area contributed by atoms with Gasteiger partial charge in [0.25, 0.3) is 16.7 Å². The van der Waals surface area contributed by atoms with Gasteiger partial charge in [0.1, 0.15) is 30.5 Å². The van der Waals surface area contributed by atoms with Gasteiger partial charge >= 0.3 is 17.4 Å². The van der Waals surface area contributed by atoms with Crippen molar-refractivity contribution in [3.8, 4) is 6.01 Å². The Morgan fingerprint density at radius 1 is 0.569 bits per heavy atom. The van der Waals surface area contributed by atoms with Crippen molar-refractivity contribution in [2.75, 3.05) is 21.3 Å². The van der Waals surface area contributed by atoms with Gasteiger partial charge in [-0.3, -0.25) is 38.1 Å². The molecule has 3 saturated heterocycles. The summed E-state index contributed by atoms with van der Waals surface area (Å²) in [4.78, 5) is 67.2. The van der Waals surface area contributed by atoms with E-state index in [0.29, 0.717) is 29.5 Å². The summed E-state index contributed by atoms with van der Waals surface area (Å²) < 4.78 is 54.2. The zero-order valence-electron chi connectivity index (χ0n) is 44.0. The second kappa shape index (κ2) is 26.7. The number of aromatic nitrogens is 6. The molecule has 3 aromatic heterocycles. The molecule has 3 aromatic rings. The molecule has 3 fully saturated rings. The number of fused-ring (bicyclic) bond motifs is 3. The summed E-state index contributed by atoms with van der Waals surface area (Å²) in [5.74, 6) is 0. The molecular weight excluding hydrogens is 949 g/mol. The van der Waals surface area contributed by atoms with Crippen molar-refractivity contribution in [2.45, 2.75) is 213 Å². The summed E-state index contributed by atoms with van der Waals surface area (Å²) in [7, 11) is 4.74. The maximum absolute atomic E-state index is 12.2. The number of hydrogen-bond acceptors (Lipinski definition) is 19. The predicted octanol–water partition coefficient (Wildman–Crippen LogP) is 1.03. The van der Waals surface area contributed by atoms with Crippen LogP contribution in [0.3, 0.4) is 0 Å². The number of ether oxygens (including phenoxy) is 9. The maximum atomic E-state index is 12.2. The van der Waals surface area contributed by atoms with Crippen molar-refractivity contribution in [1.82, 2.24) is 28.7 Å². The van der Waals surface area contributed by atoms with Crippen molar-refractivity contribution in [2.24, 2.45) is 0 Å². The average molecular weight is 1030 g/mol. The van der Waals surface area contributed by atoms with Crippen LogP contribution < -0.4 is 32.8 Å². The molecule has 24 nitrogen and oxygen atoms in total. The topological polar surface area (TPSA) is 309 Å². The fourth-order valence-electron chi connectivity index (χ4n) is 8.05. The van der Waals surface area contributed by atoms with Crippen molar-refractivity contribution in [3.63, 3.8) is 0 Å². The van der Waals surface area contributed by atoms with Crippen molar-refractivity contribution in [3.05, 3.63) is 87.3 Å². The molecule has 72 heavy (non-hydrogen) atoms. The molecule has 4 aliphatic heterocycles. The number of methoxy groups -OCH3 is 3. The first-order valence-electron chi connectivity index (χ1n) is 24.4. The fourth-order valence-corrected chi connectivity index (χ4v) is 8.05. The second-order valence-corrected chi connectivity index (χ2v) is 18.5. The van der Waals surface area contributed by atoms with E-state index in [1.807, 2.05) is 55.4 Å². The van der Waals surface area contributed by atoms with Gasteiger partial charge in [-0.1, -0.05) is 20.8 Å². The number of aryl methyl sites for hydroxylation is 3. The third-order valence-electron chi connectivity index (χ3n) is 13.4. The largest absolute Gasteiger partial charge is 0.453 e. The number of aliphatic hydroxyl groups is 4. The van der Waals surface area contributed by atoms with E-state index >= 15 is 0 Å². The average Bonchev–Trinajstić information content (AvgIpc) is 4.06. The fraction of sp³-hybridized carbons (Fsp3) is 0.750. The number of rotatable bonds is 15. The summed E-state index contributed by atoms with van der Waals surface area (Å²) in [6.45, 7) is 21.5. The van der Waals surface area contributed by atoms with Gasteiger partial charge in [-0.15, -0.1) is 0 Å². The Labute approximate surface area is 418 Å². The van der Waals surface area contributed by atoms with E-state index in [1.54, 1.807) is 59.8 Å². The Bertz CT molecular complexity index is 2380. The van der Waals surface area contributed by atoms with E-state index < -0.39 is 83.8 Å². The van der Waals surface area contributed by atoms with Crippen molar-refractivity contribution in [1.29, 1.82) is 0 Å². The quantitative estimate of drug-likeness (QED) is 0.124. The van der Waals surface area contributed by atoms with Crippen LogP contribution in [0.2, 0.25) is 0 Å². The Hall–Kier alpha value is -4.44. The normalized spacial score (nSPS) is 29.7. The van der Waals surface area contributed by atoms with Crippen LogP contribution in [0.4, 0.5) is 0 Å². The number of aromatic amines is 2. The standard InChI is InChI=1S/2C16H26N2O6.C11H14N2O4.C5H12O2/c2*1-6-11-12(19)13(23-10(4)9(3)22-5)15(24-11)18-7-8(2)14(20)17-16(18)21;1-3-6-7(14)8-10(16-6)13-4-5(2)9(15)12-11(13)17-8;1-4(6)5(2)7-3/h2*7,9-13,15,19H,6H2,1-5H3,(H,17,20,21);4,6-8,10,14H,3H2,1-2H3;4-6H,1-3H3/t9-,10+,11+,12?,13-,15+;9-,10+,11-,12?,13+,15-;6-,7?,8-,10-;4-,5+/m0111/s1. The lowest BCUT2D eigenvalue weighted by Gasteiger charge is -2.28. The molecule has 0 saturated carbocycles. The highest BCUT2D eigenvalue weighted by Crippen LogP contribution is 2.40. The molecule has 3 unspecified atom stereocenters. The molecule has 0 bridgehead atoms. The van der Waals surface area contributed by atoms with Crippen LogP contribution in [-0.4, -0.2) is 162 Å². The summed E-state index contributed by atoms with van der Waals surface area (Å²) in [5.41, 5.74) is -1.09. The molecule has 4 aliphatic rings. The van der Waals surface area contributed by atoms with Crippen LogP contribution in [0, 0.1) is 20.8 Å². The van der Waals surface area contributed by atoms with Gasteiger partial charge in [-0.2, -0.15) is 4.98 Å². The lowest BCUT2D eigenvalue weighted by Crippen LogP contribution is -2.42. The Morgan fingerprint density at radius 3 is 1.31 bits per heavy atom. The van der Waals surface area contributed by atoms with Crippen LogP contribution in [0.1, 0.15) is 117 Å². The monoisotopic (exact) mass is 1030 g/mol. The molecule has 6 N–H and O–H groups in total. The number of H-pyrrole nitrogens is 2. The van der Waals surface area contributed by atoms with E-state index in [-0.39, 0.29) is 60.5 Å². The van der Waals surface area contributed by atoms with Crippen LogP contribution in [0.5, 0.6) is 6.01 Å². The molecular formula is C48H78N6O18. The molecule has 0 aromatic carbocycles. The minimum Gasteiger partial charge on any atom is -0.453 e. The first-order valence-corrected chi connectivity index (χ1v) is 24.4. The van der Waals surface area contributed by atoms with Crippen LogP contribution >= 0.6 is 0 Å². The maximum Gasteiger partial charge on any atom is 0.330 e. The van der Waals surface area contributed by atoms with E-state index in [0.717, 1.165) is 6.42 Å². The molecule has 0 spiro atoms. The van der Waals surface area contributed by atoms with E-state index in [1.165, 1.54) is 21.5 Å². The third kappa shape index (κ3) is 14.0.